The van der Waals surface area contributed by atoms with Gasteiger partial charge in [-0.3, -0.25) is 0 Å². The van der Waals surface area contributed by atoms with Crippen LogP contribution in [0.25, 0.3) is 0 Å². The second-order valence-corrected chi connectivity index (χ2v) is 4.74. The van der Waals surface area contributed by atoms with E-state index in [0.717, 1.165) is 11.8 Å². The minimum atomic E-state index is -0.603. The predicted molar refractivity (Wildman–Crippen MR) is 77.6 cm³/mol. The van der Waals surface area contributed by atoms with Crippen molar-refractivity contribution in [2.45, 2.75) is 19.4 Å². The number of carbonyl (C=O) groups excluding carboxylic acids is 1. The number of furan rings is 1. The predicted octanol–water partition coefficient (Wildman–Crippen LogP) is 2.83. The Labute approximate surface area is 121 Å². The molecule has 21 heavy (non-hydrogen) atoms. The summed E-state index contributed by atoms with van der Waals surface area (Å²) in [5.41, 5.74) is 6.00. The van der Waals surface area contributed by atoms with Crippen LogP contribution >= 0.6 is 0 Å². The van der Waals surface area contributed by atoms with Gasteiger partial charge in [0.2, 0.25) is 0 Å². The number of carbonyl (C=O) groups is 1. The molecule has 1 aromatic carbocycles. The topological polar surface area (TPSA) is 77.5 Å². The standard InChI is InChI=1S/C15H17FN2O3/c1-9(6-10-4-3-5-21-10)18-14-7-11(15(19)20-2)13(17)8-12(14)16/h3-5,7-9,18H,6,17H2,1-2H3. The molecule has 0 aliphatic carbocycles. The molecule has 6 heteroatoms. The van der Waals surface area contributed by atoms with Crippen molar-refractivity contribution in [2.24, 2.45) is 0 Å². The van der Waals surface area contributed by atoms with E-state index in [2.05, 4.69) is 10.1 Å². The maximum absolute atomic E-state index is 13.9. The fourth-order valence-corrected chi connectivity index (χ4v) is 2.03. The summed E-state index contributed by atoms with van der Waals surface area (Å²) in [6, 6.07) is 6.02. The lowest BCUT2D eigenvalue weighted by atomic mass is 10.1. The van der Waals surface area contributed by atoms with E-state index in [-0.39, 0.29) is 23.0 Å². The Balaban J connectivity index is 2.17. The van der Waals surface area contributed by atoms with Crippen LogP contribution in [-0.2, 0) is 11.2 Å². The number of anilines is 2. The van der Waals surface area contributed by atoms with Crippen molar-refractivity contribution in [2.75, 3.05) is 18.2 Å². The highest BCUT2D eigenvalue weighted by atomic mass is 19.1. The maximum Gasteiger partial charge on any atom is 0.340 e. The van der Waals surface area contributed by atoms with Crippen molar-refractivity contribution in [1.82, 2.24) is 0 Å². The summed E-state index contributed by atoms with van der Waals surface area (Å²) in [5, 5.41) is 3.00. The van der Waals surface area contributed by atoms with Gasteiger partial charge in [0.1, 0.15) is 11.6 Å². The van der Waals surface area contributed by atoms with E-state index >= 15 is 0 Å². The monoisotopic (exact) mass is 292 g/mol. The van der Waals surface area contributed by atoms with E-state index in [4.69, 9.17) is 10.2 Å². The summed E-state index contributed by atoms with van der Waals surface area (Å²) in [6.45, 7) is 1.89. The molecule has 0 bridgehead atoms. The van der Waals surface area contributed by atoms with Crippen LogP contribution in [0.15, 0.2) is 34.9 Å². The van der Waals surface area contributed by atoms with Crippen molar-refractivity contribution < 1.29 is 18.3 Å². The van der Waals surface area contributed by atoms with Crippen LogP contribution in [0.2, 0.25) is 0 Å². The quantitative estimate of drug-likeness (QED) is 0.654. The lowest BCUT2D eigenvalue weighted by Gasteiger charge is -2.16. The molecule has 0 saturated heterocycles. The van der Waals surface area contributed by atoms with Crippen LogP contribution in [0.1, 0.15) is 23.0 Å². The Morgan fingerprint density at radius 2 is 2.29 bits per heavy atom. The van der Waals surface area contributed by atoms with E-state index < -0.39 is 11.8 Å². The van der Waals surface area contributed by atoms with E-state index in [1.54, 1.807) is 12.3 Å². The van der Waals surface area contributed by atoms with Crippen molar-refractivity contribution in [1.29, 1.82) is 0 Å². The van der Waals surface area contributed by atoms with Crippen molar-refractivity contribution in [3.05, 3.63) is 47.7 Å². The van der Waals surface area contributed by atoms with Gasteiger partial charge in [-0.2, -0.15) is 0 Å². The Kier molecular flexibility index (Phi) is 4.47. The molecule has 112 valence electrons. The molecule has 0 saturated carbocycles. The van der Waals surface area contributed by atoms with Crippen LogP contribution < -0.4 is 11.1 Å². The van der Waals surface area contributed by atoms with Crippen molar-refractivity contribution in [3.63, 3.8) is 0 Å². The zero-order valence-electron chi connectivity index (χ0n) is 11.9. The van der Waals surface area contributed by atoms with Gasteiger partial charge in [0.15, 0.2) is 0 Å². The SMILES string of the molecule is COC(=O)c1cc(NC(C)Cc2ccco2)c(F)cc1N. The molecule has 0 radical (unpaired) electrons. The number of benzene rings is 1. The zero-order valence-corrected chi connectivity index (χ0v) is 11.9. The highest BCUT2D eigenvalue weighted by Gasteiger charge is 2.16. The summed E-state index contributed by atoms with van der Waals surface area (Å²) in [4.78, 5) is 11.6. The van der Waals surface area contributed by atoms with Crippen molar-refractivity contribution >= 4 is 17.3 Å². The molecule has 0 aliphatic heterocycles. The average Bonchev–Trinajstić information content (AvgIpc) is 2.93. The summed E-state index contributed by atoms with van der Waals surface area (Å²) in [5.74, 6) is -0.334. The van der Waals surface area contributed by atoms with Crippen LogP contribution in [0.4, 0.5) is 15.8 Å². The summed E-state index contributed by atoms with van der Waals surface area (Å²) in [6.07, 6.45) is 2.17. The molecule has 5 nitrogen and oxygen atoms in total. The highest BCUT2D eigenvalue weighted by Crippen LogP contribution is 2.24. The first-order valence-electron chi connectivity index (χ1n) is 6.47. The molecule has 1 atom stereocenters. The number of rotatable bonds is 5. The number of esters is 1. The molecule has 0 fully saturated rings. The summed E-state index contributed by atoms with van der Waals surface area (Å²) < 4.78 is 23.8. The fourth-order valence-electron chi connectivity index (χ4n) is 2.03. The van der Waals surface area contributed by atoms with E-state index in [0.29, 0.717) is 6.42 Å². The second-order valence-electron chi connectivity index (χ2n) is 4.74. The number of hydrogen-bond acceptors (Lipinski definition) is 5. The Morgan fingerprint density at radius 3 is 2.90 bits per heavy atom. The molecule has 1 unspecified atom stereocenters. The van der Waals surface area contributed by atoms with Gasteiger partial charge in [0.25, 0.3) is 0 Å². The molecule has 0 aliphatic rings. The number of hydrogen-bond donors (Lipinski definition) is 2. The first-order chi connectivity index (χ1) is 10.0. The largest absolute Gasteiger partial charge is 0.469 e. The molecule has 1 aromatic heterocycles. The summed E-state index contributed by atoms with van der Waals surface area (Å²) in [7, 11) is 1.25. The molecule has 0 spiro atoms. The first kappa shape index (κ1) is 14.9. The zero-order chi connectivity index (χ0) is 15.4. The minimum absolute atomic E-state index is 0.0450. The third kappa shape index (κ3) is 3.53. The number of nitrogens with one attached hydrogen (secondary N) is 1. The molecule has 2 aromatic rings. The normalized spacial score (nSPS) is 12.0. The maximum atomic E-state index is 13.9. The van der Waals surface area contributed by atoms with E-state index in [1.165, 1.54) is 13.2 Å². The lowest BCUT2D eigenvalue weighted by Crippen LogP contribution is -2.19. The molecular weight excluding hydrogens is 275 g/mol. The number of nitrogens with two attached hydrogens (primary N) is 1. The van der Waals surface area contributed by atoms with Crippen LogP contribution in [0.5, 0.6) is 0 Å². The van der Waals surface area contributed by atoms with Crippen LogP contribution in [0, 0.1) is 5.82 Å². The fraction of sp³-hybridized carbons (Fsp3) is 0.267. The Morgan fingerprint density at radius 1 is 1.52 bits per heavy atom. The number of ether oxygens (including phenoxy) is 1. The van der Waals surface area contributed by atoms with Crippen LogP contribution in [-0.4, -0.2) is 19.1 Å². The first-order valence-corrected chi connectivity index (χ1v) is 6.47. The van der Waals surface area contributed by atoms with E-state index in [9.17, 15) is 9.18 Å². The van der Waals surface area contributed by atoms with Gasteiger partial charge >= 0.3 is 5.97 Å². The number of nitrogen functional groups attached to an aromatic ring is 1. The van der Waals surface area contributed by atoms with Gasteiger partial charge in [-0.1, -0.05) is 0 Å². The third-order valence-electron chi connectivity index (χ3n) is 3.03. The molecule has 1 heterocycles. The van der Waals surface area contributed by atoms with E-state index in [1.807, 2.05) is 13.0 Å². The smallest absolute Gasteiger partial charge is 0.340 e. The van der Waals surface area contributed by atoms with Crippen molar-refractivity contribution in [3.8, 4) is 0 Å². The molecular formula is C15H17FN2O3. The van der Waals surface area contributed by atoms with Gasteiger partial charge in [-0.05, 0) is 31.2 Å². The number of methoxy groups -OCH3 is 1. The molecule has 0 amide bonds. The minimum Gasteiger partial charge on any atom is -0.469 e. The van der Waals surface area contributed by atoms with Gasteiger partial charge in [0, 0.05) is 18.2 Å². The Hall–Kier alpha value is -2.50. The van der Waals surface area contributed by atoms with Gasteiger partial charge in [0.05, 0.1) is 24.6 Å². The molecule has 2 rings (SSSR count). The van der Waals surface area contributed by atoms with Gasteiger partial charge in [-0.25, -0.2) is 9.18 Å². The second kappa shape index (κ2) is 6.30. The highest BCUT2D eigenvalue weighted by molar-refractivity contribution is 5.96. The Bertz CT molecular complexity index is 626. The van der Waals surface area contributed by atoms with Gasteiger partial charge in [-0.15, -0.1) is 0 Å². The third-order valence-corrected chi connectivity index (χ3v) is 3.03. The van der Waals surface area contributed by atoms with Gasteiger partial charge < -0.3 is 20.2 Å². The number of halogens is 1. The summed E-state index contributed by atoms with van der Waals surface area (Å²) >= 11 is 0. The molecule has 3 N–H and O–H groups in total. The lowest BCUT2D eigenvalue weighted by molar-refractivity contribution is 0.0602. The van der Waals surface area contributed by atoms with Crippen LogP contribution in [0.3, 0.4) is 0 Å². The average molecular weight is 292 g/mol.